The zero-order valence-electron chi connectivity index (χ0n) is 19.7. The summed E-state index contributed by atoms with van der Waals surface area (Å²) < 4.78 is 17.0. The standard InChI is InChI=1S/C26H23N5O5/c1-34-20-7-8-21-17(12-20)11-19(14-27)31(21)18-5-3-16(4-6-18)15-28-25(33)26(9-10-26)29-24(32)22-13-23(35-2)30-36-22/h3-8,11-13H,9-10,15H2,1-2H3,(H,28,33)(H,29,32). The summed E-state index contributed by atoms with van der Waals surface area (Å²) in [6.07, 6.45) is 1.08. The molecule has 1 aliphatic carbocycles. The summed E-state index contributed by atoms with van der Waals surface area (Å²) in [7, 11) is 3.02. The maximum absolute atomic E-state index is 12.8. The number of amides is 2. The third kappa shape index (κ3) is 4.22. The molecule has 0 atom stereocenters. The smallest absolute Gasteiger partial charge is 0.290 e. The Morgan fingerprint density at radius 2 is 1.89 bits per heavy atom. The van der Waals surface area contributed by atoms with Crippen molar-refractivity contribution in [1.29, 1.82) is 5.26 Å². The number of fused-ring (bicyclic) bond motifs is 1. The van der Waals surface area contributed by atoms with Crippen LogP contribution in [0.25, 0.3) is 16.6 Å². The molecule has 10 nitrogen and oxygen atoms in total. The lowest BCUT2D eigenvalue weighted by Gasteiger charge is -2.16. The van der Waals surface area contributed by atoms with Crippen LogP contribution in [0.5, 0.6) is 11.6 Å². The van der Waals surface area contributed by atoms with E-state index in [1.165, 1.54) is 13.2 Å². The number of nitrogens with one attached hydrogen (secondary N) is 2. The highest BCUT2D eigenvalue weighted by Crippen LogP contribution is 2.36. The first-order chi connectivity index (χ1) is 17.5. The molecule has 5 rings (SSSR count). The largest absolute Gasteiger partial charge is 0.497 e. The Morgan fingerprint density at radius 1 is 1.11 bits per heavy atom. The predicted molar refractivity (Wildman–Crippen MR) is 129 cm³/mol. The quantitative estimate of drug-likeness (QED) is 0.392. The second-order valence-corrected chi connectivity index (χ2v) is 8.52. The summed E-state index contributed by atoms with van der Waals surface area (Å²) in [5.41, 5.74) is 2.16. The Hall–Kier alpha value is -4.78. The minimum Gasteiger partial charge on any atom is -0.497 e. The summed E-state index contributed by atoms with van der Waals surface area (Å²) in [5.74, 6) is 0.109. The number of carbonyl (C=O) groups excluding carboxylic acids is 2. The zero-order valence-corrected chi connectivity index (χ0v) is 19.7. The molecule has 1 saturated carbocycles. The van der Waals surface area contributed by atoms with E-state index in [1.807, 2.05) is 53.1 Å². The van der Waals surface area contributed by atoms with E-state index in [9.17, 15) is 14.9 Å². The van der Waals surface area contributed by atoms with E-state index in [-0.39, 0.29) is 17.5 Å². The molecule has 1 aliphatic rings. The van der Waals surface area contributed by atoms with E-state index in [2.05, 4.69) is 21.9 Å². The molecule has 10 heteroatoms. The number of nitrogens with zero attached hydrogens (tertiary/aromatic N) is 3. The molecule has 2 heterocycles. The first-order valence-corrected chi connectivity index (χ1v) is 11.3. The van der Waals surface area contributed by atoms with Crippen LogP contribution in [-0.4, -0.2) is 41.3 Å². The number of hydrogen-bond acceptors (Lipinski definition) is 7. The van der Waals surface area contributed by atoms with Gasteiger partial charge in [0.15, 0.2) is 0 Å². The molecular weight excluding hydrogens is 462 g/mol. The van der Waals surface area contributed by atoms with Gasteiger partial charge in [-0.05, 0) is 60.0 Å². The van der Waals surface area contributed by atoms with Crippen LogP contribution in [0, 0.1) is 11.3 Å². The Bertz CT molecular complexity index is 1490. The number of aromatic nitrogens is 2. The van der Waals surface area contributed by atoms with Gasteiger partial charge in [0, 0.05) is 17.6 Å². The fraction of sp³-hybridized carbons (Fsp3) is 0.231. The van der Waals surface area contributed by atoms with E-state index in [0.29, 0.717) is 25.1 Å². The molecule has 0 bridgehead atoms. The van der Waals surface area contributed by atoms with Gasteiger partial charge in [-0.3, -0.25) is 9.59 Å². The van der Waals surface area contributed by atoms with Gasteiger partial charge in [0.05, 0.1) is 25.8 Å². The predicted octanol–water partition coefficient (Wildman–Crippen LogP) is 3.09. The van der Waals surface area contributed by atoms with E-state index in [1.54, 1.807) is 7.11 Å². The summed E-state index contributed by atoms with van der Waals surface area (Å²) in [6, 6.07) is 18.7. The average Bonchev–Trinajstić information content (AvgIpc) is 3.37. The lowest BCUT2D eigenvalue weighted by atomic mass is 10.1. The highest BCUT2D eigenvalue weighted by Gasteiger charge is 2.51. The first kappa shape index (κ1) is 23.0. The molecule has 0 spiro atoms. The number of carbonyl (C=O) groups is 2. The Morgan fingerprint density at radius 3 is 2.53 bits per heavy atom. The second-order valence-electron chi connectivity index (χ2n) is 8.52. The van der Waals surface area contributed by atoms with Gasteiger partial charge >= 0.3 is 0 Å². The number of methoxy groups -OCH3 is 2. The molecule has 4 aromatic rings. The topological polar surface area (TPSA) is 131 Å². The molecule has 2 aromatic heterocycles. The fourth-order valence-electron chi connectivity index (χ4n) is 4.07. The minimum atomic E-state index is -0.955. The Balaban J connectivity index is 1.26. The van der Waals surface area contributed by atoms with Crippen LogP contribution in [0.2, 0.25) is 0 Å². The number of benzene rings is 2. The van der Waals surface area contributed by atoms with E-state index in [4.69, 9.17) is 14.0 Å². The maximum atomic E-state index is 12.8. The third-order valence-electron chi connectivity index (χ3n) is 6.23. The van der Waals surface area contributed by atoms with Crippen LogP contribution in [0.15, 0.2) is 59.1 Å². The van der Waals surface area contributed by atoms with Crippen LogP contribution < -0.4 is 20.1 Å². The van der Waals surface area contributed by atoms with Crippen molar-refractivity contribution in [3.05, 3.63) is 71.6 Å². The highest BCUT2D eigenvalue weighted by atomic mass is 16.5. The van der Waals surface area contributed by atoms with Crippen molar-refractivity contribution in [2.45, 2.75) is 24.9 Å². The molecule has 2 amide bonds. The van der Waals surface area contributed by atoms with Crippen molar-refractivity contribution in [3.8, 4) is 23.4 Å². The summed E-state index contributed by atoms with van der Waals surface area (Å²) in [4.78, 5) is 25.2. The lowest BCUT2D eigenvalue weighted by molar-refractivity contribution is -0.124. The van der Waals surface area contributed by atoms with E-state index >= 15 is 0 Å². The van der Waals surface area contributed by atoms with Gasteiger partial charge in [-0.1, -0.05) is 12.1 Å². The Labute approximate surface area is 206 Å². The molecule has 1 fully saturated rings. The van der Waals surface area contributed by atoms with Gasteiger partial charge in [-0.15, -0.1) is 0 Å². The van der Waals surface area contributed by atoms with Crippen molar-refractivity contribution in [3.63, 3.8) is 0 Å². The molecule has 2 aromatic carbocycles. The average molecular weight is 486 g/mol. The second kappa shape index (κ2) is 9.11. The molecule has 0 saturated heterocycles. The molecule has 0 radical (unpaired) electrons. The molecule has 0 aliphatic heterocycles. The minimum absolute atomic E-state index is 0.0192. The van der Waals surface area contributed by atoms with Crippen molar-refractivity contribution >= 4 is 22.7 Å². The fourth-order valence-corrected chi connectivity index (χ4v) is 4.07. The SMILES string of the molecule is COc1ccc2c(c1)cc(C#N)n2-c1ccc(CNC(=O)C2(NC(=O)c3cc(OC)no3)CC2)cc1. The summed E-state index contributed by atoms with van der Waals surface area (Å²) >= 11 is 0. The lowest BCUT2D eigenvalue weighted by Crippen LogP contribution is -2.48. The summed E-state index contributed by atoms with van der Waals surface area (Å²) in [5, 5.41) is 19.8. The van der Waals surface area contributed by atoms with Crippen LogP contribution in [0.3, 0.4) is 0 Å². The molecule has 2 N–H and O–H groups in total. The first-order valence-electron chi connectivity index (χ1n) is 11.3. The van der Waals surface area contributed by atoms with E-state index < -0.39 is 11.4 Å². The van der Waals surface area contributed by atoms with Gasteiger partial charge in [-0.25, -0.2) is 0 Å². The van der Waals surface area contributed by atoms with Gasteiger partial charge in [0.25, 0.3) is 11.8 Å². The van der Waals surface area contributed by atoms with E-state index in [0.717, 1.165) is 27.9 Å². The van der Waals surface area contributed by atoms with Gasteiger partial charge in [-0.2, -0.15) is 5.26 Å². The highest BCUT2D eigenvalue weighted by molar-refractivity contribution is 5.99. The third-order valence-corrected chi connectivity index (χ3v) is 6.23. The van der Waals surface area contributed by atoms with Crippen molar-refractivity contribution < 1.29 is 23.6 Å². The number of rotatable bonds is 8. The number of ether oxygens (including phenoxy) is 2. The normalized spacial score (nSPS) is 13.6. The van der Waals surface area contributed by atoms with Gasteiger partial charge in [0.2, 0.25) is 11.7 Å². The Kier molecular flexibility index (Phi) is 5.82. The van der Waals surface area contributed by atoms with Crippen molar-refractivity contribution in [2.24, 2.45) is 0 Å². The summed E-state index contributed by atoms with van der Waals surface area (Å²) in [6.45, 7) is 0.293. The maximum Gasteiger partial charge on any atom is 0.290 e. The molecule has 182 valence electrons. The van der Waals surface area contributed by atoms with Crippen molar-refractivity contribution in [1.82, 2.24) is 20.4 Å². The molecule has 0 unspecified atom stereocenters. The monoisotopic (exact) mass is 485 g/mol. The molecule has 36 heavy (non-hydrogen) atoms. The van der Waals surface area contributed by atoms with Crippen molar-refractivity contribution in [2.75, 3.05) is 14.2 Å². The molecular formula is C26H23N5O5. The van der Waals surface area contributed by atoms with Crippen LogP contribution >= 0.6 is 0 Å². The van der Waals surface area contributed by atoms with Crippen LogP contribution in [0.4, 0.5) is 0 Å². The van der Waals surface area contributed by atoms with Crippen LogP contribution in [-0.2, 0) is 11.3 Å². The van der Waals surface area contributed by atoms with Crippen LogP contribution in [0.1, 0.15) is 34.7 Å². The number of nitriles is 1. The van der Waals surface area contributed by atoms with Gasteiger partial charge < -0.3 is 29.2 Å². The zero-order chi connectivity index (χ0) is 25.3. The van der Waals surface area contributed by atoms with Gasteiger partial charge in [0.1, 0.15) is 23.1 Å². The number of hydrogen-bond donors (Lipinski definition) is 2.